The number of nitrogens with zero attached hydrogens (tertiary/aromatic N) is 1. The number of carbonyl (C=O) groups is 2. The molecule has 8 heteroatoms. The quantitative estimate of drug-likeness (QED) is 0.773. The van der Waals surface area contributed by atoms with Gasteiger partial charge in [0.1, 0.15) is 11.3 Å². The van der Waals surface area contributed by atoms with Gasteiger partial charge < -0.3 is 20.7 Å². The number of thiazole rings is 1. The van der Waals surface area contributed by atoms with E-state index >= 15 is 0 Å². The number of methoxy groups -OCH3 is 1. The summed E-state index contributed by atoms with van der Waals surface area (Å²) in [6.07, 6.45) is 5.64. The van der Waals surface area contributed by atoms with E-state index in [4.69, 9.17) is 4.74 Å². The number of hydrogen-bond acceptors (Lipinski definition) is 5. The summed E-state index contributed by atoms with van der Waals surface area (Å²) in [5.74, 6) is 0.376. The van der Waals surface area contributed by atoms with Crippen LogP contribution in [0.4, 0.5) is 15.6 Å². The number of fused-ring (bicyclic) bond motifs is 1. The first-order chi connectivity index (χ1) is 12.0. The number of anilines is 2. The number of amides is 3. The van der Waals surface area contributed by atoms with E-state index in [1.807, 2.05) is 6.07 Å². The maximum absolute atomic E-state index is 12.2. The van der Waals surface area contributed by atoms with Crippen molar-refractivity contribution in [2.75, 3.05) is 17.7 Å². The second-order valence-electron chi connectivity index (χ2n) is 6.16. The number of nitrogens with one attached hydrogen (secondary N) is 3. The Balaban J connectivity index is 1.76. The molecule has 1 saturated carbocycles. The topological polar surface area (TPSA) is 92.4 Å². The van der Waals surface area contributed by atoms with Gasteiger partial charge in [-0.2, -0.15) is 0 Å². The molecule has 3 amide bonds. The second-order valence-corrected chi connectivity index (χ2v) is 7.19. The molecule has 134 valence electrons. The first-order valence-electron chi connectivity index (χ1n) is 8.39. The first-order valence-corrected chi connectivity index (χ1v) is 9.20. The van der Waals surface area contributed by atoms with E-state index in [-0.39, 0.29) is 18.0 Å². The predicted molar refractivity (Wildman–Crippen MR) is 99.5 cm³/mol. The van der Waals surface area contributed by atoms with Crippen LogP contribution in [0.15, 0.2) is 12.1 Å². The normalized spacial score (nSPS) is 15.0. The number of hydrogen-bond donors (Lipinski definition) is 3. The van der Waals surface area contributed by atoms with E-state index in [1.165, 1.54) is 24.7 Å². The van der Waals surface area contributed by atoms with Crippen LogP contribution in [0.2, 0.25) is 0 Å². The van der Waals surface area contributed by atoms with Gasteiger partial charge in [-0.3, -0.25) is 4.79 Å². The number of benzene rings is 1. The molecule has 0 bridgehead atoms. The van der Waals surface area contributed by atoms with E-state index in [9.17, 15) is 9.59 Å². The highest BCUT2D eigenvalue weighted by Gasteiger charge is 2.17. The summed E-state index contributed by atoms with van der Waals surface area (Å²) in [7, 11) is 1.55. The highest BCUT2D eigenvalue weighted by molar-refractivity contribution is 7.22. The zero-order chi connectivity index (χ0) is 17.8. The molecular formula is C17H22N4O3S. The van der Waals surface area contributed by atoms with Crippen molar-refractivity contribution in [2.45, 2.75) is 45.1 Å². The Labute approximate surface area is 150 Å². The number of carbonyl (C=O) groups excluding carboxylic acids is 2. The van der Waals surface area contributed by atoms with Crippen LogP contribution in [0.1, 0.15) is 39.0 Å². The van der Waals surface area contributed by atoms with Crippen LogP contribution >= 0.6 is 11.3 Å². The van der Waals surface area contributed by atoms with Crippen molar-refractivity contribution in [3.05, 3.63) is 12.1 Å². The summed E-state index contributed by atoms with van der Waals surface area (Å²) in [5.41, 5.74) is 1.30. The molecule has 3 rings (SSSR count). The standard InChI is InChI=1S/C17H22N4O3S/c1-10(22)18-17-21-15-13(24-2)8-12(9-14(15)25-17)20-16(23)19-11-6-4-3-5-7-11/h8-9,11H,3-7H2,1-2H3,(H,18,21,22)(H2,19,20,23). The second kappa shape index (κ2) is 7.69. The van der Waals surface area contributed by atoms with Crippen LogP contribution in [0.5, 0.6) is 5.75 Å². The lowest BCUT2D eigenvalue weighted by Gasteiger charge is -2.22. The van der Waals surface area contributed by atoms with Gasteiger partial charge in [0.25, 0.3) is 0 Å². The number of aromatic nitrogens is 1. The highest BCUT2D eigenvalue weighted by atomic mass is 32.1. The third-order valence-corrected chi connectivity index (χ3v) is 5.08. The molecule has 1 heterocycles. The van der Waals surface area contributed by atoms with E-state index in [1.54, 1.807) is 13.2 Å². The number of ether oxygens (including phenoxy) is 1. The van der Waals surface area contributed by atoms with Crippen LogP contribution < -0.4 is 20.7 Å². The maximum atomic E-state index is 12.2. The van der Waals surface area contributed by atoms with Gasteiger partial charge in [-0.25, -0.2) is 9.78 Å². The fourth-order valence-electron chi connectivity index (χ4n) is 3.03. The van der Waals surface area contributed by atoms with Crippen molar-refractivity contribution < 1.29 is 14.3 Å². The largest absolute Gasteiger partial charge is 0.494 e. The first kappa shape index (κ1) is 17.5. The zero-order valence-corrected chi connectivity index (χ0v) is 15.2. The van der Waals surface area contributed by atoms with E-state index < -0.39 is 0 Å². The minimum atomic E-state index is -0.208. The average Bonchev–Trinajstić information content (AvgIpc) is 2.96. The molecule has 1 aromatic heterocycles. The molecule has 1 aliphatic carbocycles. The van der Waals surface area contributed by atoms with Crippen LogP contribution in [0.25, 0.3) is 10.2 Å². The third kappa shape index (κ3) is 4.39. The van der Waals surface area contributed by atoms with Crippen LogP contribution in [0, 0.1) is 0 Å². The summed E-state index contributed by atoms with van der Waals surface area (Å²) >= 11 is 1.34. The number of urea groups is 1. The smallest absolute Gasteiger partial charge is 0.319 e. The third-order valence-electron chi connectivity index (χ3n) is 4.16. The molecule has 2 aromatic rings. The molecule has 0 spiro atoms. The summed E-state index contributed by atoms with van der Waals surface area (Å²) in [6.45, 7) is 1.44. The lowest BCUT2D eigenvalue weighted by molar-refractivity contribution is -0.114. The minimum absolute atomic E-state index is 0.178. The molecule has 25 heavy (non-hydrogen) atoms. The Morgan fingerprint density at radius 3 is 2.64 bits per heavy atom. The molecule has 0 saturated heterocycles. The van der Waals surface area contributed by atoms with Crippen molar-refractivity contribution >= 4 is 44.3 Å². The summed E-state index contributed by atoms with van der Waals surface area (Å²) < 4.78 is 6.21. The highest BCUT2D eigenvalue weighted by Crippen LogP contribution is 2.35. The van der Waals surface area contributed by atoms with Gasteiger partial charge >= 0.3 is 6.03 Å². The zero-order valence-electron chi connectivity index (χ0n) is 14.3. The molecule has 1 fully saturated rings. The van der Waals surface area contributed by atoms with Crippen LogP contribution in [-0.2, 0) is 4.79 Å². The molecule has 7 nitrogen and oxygen atoms in total. The molecule has 1 aliphatic rings. The Bertz CT molecular complexity index is 784. The Kier molecular flexibility index (Phi) is 5.37. The summed E-state index contributed by atoms with van der Waals surface area (Å²) in [4.78, 5) is 27.8. The summed E-state index contributed by atoms with van der Waals surface area (Å²) in [6, 6.07) is 3.61. The average molecular weight is 362 g/mol. The van der Waals surface area contributed by atoms with E-state index in [0.717, 1.165) is 30.4 Å². The molecule has 0 aliphatic heterocycles. The van der Waals surface area contributed by atoms with Gasteiger partial charge in [0.05, 0.1) is 11.8 Å². The molecule has 0 unspecified atom stereocenters. The Morgan fingerprint density at radius 1 is 1.20 bits per heavy atom. The molecule has 1 aromatic carbocycles. The van der Waals surface area contributed by atoms with Crippen molar-refractivity contribution in [3.8, 4) is 5.75 Å². The molecular weight excluding hydrogens is 340 g/mol. The van der Waals surface area contributed by atoms with Crippen molar-refractivity contribution in [3.63, 3.8) is 0 Å². The molecule has 3 N–H and O–H groups in total. The van der Waals surface area contributed by atoms with Crippen LogP contribution in [-0.4, -0.2) is 30.1 Å². The van der Waals surface area contributed by atoms with E-state index in [0.29, 0.717) is 22.1 Å². The fraction of sp³-hybridized carbons (Fsp3) is 0.471. The molecule has 0 atom stereocenters. The van der Waals surface area contributed by atoms with Crippen molar-refractivity contribution in [1.29, 1.82) is 0 Å². The van der Waals surface area contributed by atoms with Gasteiger partial charge in [0, 0.05) is 24.7 Å². The van der Waals surface area contributed by atoms with Gasteiger partial charge in [-0.15, -0.1) is 0 Å². The Morgan fingerprint density at radius 2 is 1.96 bits per heavy atom. The fourth-order valence-corrected chi connectivity index (χ4v) is 4.00. The molecule has 0 radical (unpaired) electrons. The van der Waals surface area contributed by atoms with Crippen molar-refractivity contribution in [2.24, 2.45) is 0 Å². The van der Waals surface area contributed by atoms with Crippen LogP contribution in [0.3, 0.4) is 0 Å². The van der Waals surface area contributed by atoms with Gasteiger partial charge in [-0.1, -0.05) is 30.6 Å². The maximum Gasteiger partial charge on any atom is 0.319 e. The SMILES string of the molecule is COc1cc(NC(=O)NC2CCCCC2)cc2sc(NC(C)=O)nc12. The van der Waals surface area contributed by atoms with Crippen molar-refractivity contribution in [1.82, 2.24) is 10.3 Å². The van der Waals surface area contributed by atoms with Gasteiger partial charge in [0.15, 0.2) is 5.13 Å². The van der Waals surface area contributed by atoms with Gasteiger partial charge in [0.2, 0.25) is 5.91 Å². The minimum Gasteiger partial charge on any atom is -0.494 e. The van der Waals surface area contributed by atoms with E-state index in [2.05, 4.69) is 20.9 Å². The monoisotopic (exact) mass is 362 g/mol. The Hall–Kier alpha value is -2.35. The van der Waals surface area contributed by atoms with Gasteiger partial charge in [-0.05, 0) is 18.9 Å². The lowest BCUT2D eigenvalue weighted by Crippen LogP contribution is -2.39. The lowest BCUT2D eigenvalue weighted by atomic mass is 9.96. The summed E-state index contributed by atoms with van der Waals surface area (Å²) in [5, 5.41) is 9.07. The number of rotatable bonds is 4. The predicted octanol–water partition coefficient (Wildman–Crippen LogP) is 3.72.